The normalized spacial score (nSPS) is 12.8. The van der Waals surface area contributed by atoms with E-state index in [-0.39, 0.29) is 23.1 Å². The lowest BCUT2D eigenvalue weighted by Gasteiger charge is -2.29. The van der Waals surface area contributed by atoms with Crippen LogP contribution in [0.25, 0.3) is 5.69 Å². The molecule has 1 N–H and O–H groups in total. The fraction of sp³-hybridized carbons (Fsp3) is 0.261. The number of halogens is 3. The van der Waals surface area contributed by atoms with Crippen LogP contribution in [0.15, 0.2) is 42.7 Å². The summed E-state index contributed by atoms with van der Waals surface area (Å²) >= 11 is 6.24. The largest absolute Gasteiger partial charge is 0.497 e. The highest BCUT2D eigenvalue weighted by Gasteiger charge is 2.37. The first-order chi connectivity index (χ1) is 17.2. The smallest absolute Gasteiger partial charge is 0.273 e. The van der Waals surface area contributed by atoms with Gasteiger partial charge in [-0.05, 0) is 19.1 Å². The van der Waals surface area contributed by atoms with Crippen molar-refractivity contribution in [1.82, 2.24) is 35.1 Å². The number of nitrogens with zero attached hydrogens (tertiary/aromatic N) is 6. The number of rotatable bonds is 8. The zero-order valence-corrected chi connectivity index (χ0v) is 20.5. The Morgan fingerprint density at radius 3 is 2.67 bits per heavy atom. The van der Waals surface area contributed by atoms with Gasteiger partial charge in [-0.1, -0.05) is 16.8 Å². The maximum absolute atomic E-state index is 14.1. The first-order valence-corrected chi connectivity index (χ1v) is 11.0. The van der Waals surface area contributed by atoms with Crippen LogP contribution in [0.5, 0.6) is 11.6 Å². The minimum Gasteiger partial charge on any atom is -0.497 e. The van der Waals surface area contributed by atoms with Gasteiger partial charge in [0.15, 0.2) is 11.5 Å². The quantitative estimate of drug-likeness (QED) is 0.358. The highest BCUT2D eigenvalue weighted by molar-refractivity contribution is 6.29. The third-order valence-corrected chi connectivity index (χ3v) is 5.92. The number of methoxy groups -OCH3 is 2. The molecule has 0 saturated heterocycles. The first-order valence-electron chi connectivity index (χ1n) is 10.6. The predicted octanol–water partition coefficient (Wildman–Crippen LogP) is 3.08. The Balaban J connectivity index is 1.66. The molecule has 3 heterocycles. The molecule has 1 amide bonds. The lowest BCUT2D eigenvalue weighted by Crippen LogP contribution is -2.40. The number of ether oxygens (including phenoxy) is 2. The molecule has 13 heteroatoms. The standard InChI is InChI=1S/C23H22ClF2N7O3/c1-23(15-10-28-32(2)22(15)36-4,19-8-14(35-3)9-20(24)29-19)12-27-21(34)17-11-33(31-30-17)18-6-5-13(25)7-16(18)26/h5-11H,12H2,1-4H3,(H,27,34). The van der Waals surface area contributed by atoms with Crippen LogP contribution >= 0.6 is 11.6 Å². The SMILES string of the molecule is COc1cc(Cl)nc(C(C)(CNC(=O)c2cn(-c3ccc(F)cc3F)nn2)c2cnn(C)c2OC)c1. The second-order valence-corrected chi connectivity index (χ2v) is 8.45. The molecule has 1 unspecified atom stereocenters. The molecule has 0 radical (unpaired) electrons. The van der Waals surface area contributed by atoms with Gasteiger partial charge in [0.25, 0.3) is 5.91 Å². The molecular weight excluding hydrogens is 496 g/mol. The van der Waals surface area contributed by atoms with Gasteiger partial charge in [0.2, 0.25) is 5.88 Å². The van der Waals surface area contributed by atoms with Gasteiger partial charge in [0.05, 0.1) is 37.7 Å². The average molecular weight is 518 g/mol. The molecule has 0 aliphatic heterocycles. The van der Waals surface area contributed by atoms with Crippen LogP contribution < -0.4 is 14.8 Å². The number of aryl methyl sites for hydroxylation is 1. The molecule has 1 atom stereocenters. The van der Waals surface area contributed by atoms with Gasteiger partial charge in [-0.15, -0.1) is 5.10 Å². The number of aromatic nitrogens is 6. The third-order valence-electron chi connectivity index (χ3n) is 5.73. The van der Waals surface area contributed by atoms with Gasteiger partial charge in [-0.3, -0.25) is 4.79 Å². The number of nitrogens with one attached hydrogen (secondary N) is 1. The maximum Gasteiger partial charge on any atom is 0.273 e. The van der Waals surface area contributed by atoms with Crippen molar-refractivity contribution >= 4 is 17.5 Å². The molecule has 0 bridgehead atoms. The molecule has 0 spiro atoms. The second kappa shape index (κ2) is 9.90. The number of amides is 1. The van der Waals surface area contributed by atoms with Crippen LogP contribution in [0.2, 0.25) is 5.15 Å². The highest BCUT2D eigenvalue weighted by Crippen LogP contribution is 2.38. The summed E-state index contributed by atoms with van der Waals surface area (Å²) in [5, 5.41) is 14.9. The number of carbonyl (C=O) groups is 1. The summed E-state index contributed by atoms with van der Waals surface area (Å²) < 4.78 is 40.8. The topological polar surface area (TPSA) is 109 Å². The Morgan fingerprint density at radius 1 is 1.19 bits per heavy atom. The molecule has 36 heavy (non-hydrogen) atoms. The van der Waals surface area contributed by atoms with Crippen molar-refractivity contribution in [3.05, 3.63) is 76.5 Å². The number of hydrogen-bond donors (Lipinski definition) is 1. The summed E-state index contributed by atoms with van der Waals surface area (Å²) in [6.45, 7) is 1.87. The minimum atomic E-state index is -0.966. The highest BCUT2D eigenvalue weighted by atomic mass is 35.5. The Bertz CT molecular complexity index is 1420. The summed E-state index contributed by atoms with van der Waals surface area (Å²) in [5.41, 5.74) is 0.0445. The van der Waals surface area contributed by atoms with E-state index in [1.165, 1.54) is 26.5 Å². The zero-order valence-electron chi connectivity index (χ0n) is 19.8. The zero-order chi connectivity index (χ0) is 26.0. The number of carbonyl (C=O) groups excluding carboxylic acids is 1. The maximum atomic E-state index is 14.1. The van der Waals surface area contributed by atoms with Crippen LogP contribution in [0.1, 0.15) is 28.7 Å². The minimum absolute atomic E-state index is 0.0299. The molecule has 3 aromatic heterocycles. The van der Waals surface area contributed by atoms with Gasteiger partial charge in [0, 0.05) is 37.4 Å². The van der Waals surface area contributed by atoms with Crippen molar-refractivity contribution in [3.8, 4) is 17.3 Å². The molecular formula is C23H22ClF2N7O3. The Labute approximate surface area is 209 Å². The van der Waals surface area contributed by atoms with Crippen molar-refractivity contribution in [3.63, 3.8) is 0 Å². The van der Waals surface area contributed by atoms with Crippen LogP contribution in [-0.4, -0.2) is 56.4 Å². The number of pyridine rings is 1. The van der Waals surface area contributed by atoms with Crippen molar-refractivity contribution in [1.29, 1.82) is 0 Å². The summed E-state index contributed by atoms with van der Waals surface area (Å²) in [6.07, 6.45) is 2.86. The van der Waals surface area contributed by atoms with Crippen molar-refractivity contribution in [2.75, 3.05) is 20.8 Å². The Hall–Kier alpha value is -4.06. The van der Waals surface area contributed by atoms with Crippen LogP contribution in [0.4, 0.5) is 8.78 Å². The summed E-state index contributed by atoms with van der Waals surface area (Å²) in [6, 6.07) is 6.27. The van der Waals surface area contributed by atoms with E-state index in [0.717, 1.165) is 16.8 Å². The molecule has 0 aliphatic carbocycles. The summed E-state index contributed by atoms with van der Waals surface area (Å²) in [7, 11) is 4.74. The van der Waals surface area contributed by atoms with Gasteiger partial charge in [0.1, 0.15) is 22.4 Å². The molecule has 0 fully saturated rings. The van der Waals surface area contributed by atoms with E-state index in [4.69, 9.17) is 21.1 Å². The van der Waals surface area contributed by atoms with E-state index in [2.05, 4.69) is 25.7 Å². The molecule has 0 aliphatic rings. The lowest BCUT2D eigenvalue weighted by atomic mass is 9.80. The second-order valence-electron chi connectivity index (χ2n) is 8.06. The Kier molecular flexibility index (Phi) is 6.88. The van der Waals surface area contributed by atoms with E-state index in [1.54, 1.807) is 30.1 Å². The molecule has 10 nitrogen and oxygen atoms in total. The van der Waals surface area contributed by atoms with Crippen molar-refractivity contribution in [2.45, 2.75) is 12.3 Å². The van der Waals surface area contributed by atoms with E-state index >= 15 is 0 Å². The van der Waals surface area contributed by atoms with E-state index in [9.17, 15) is 13.6 Å². The van der Waals surface area contributed by atoms with Crippen LogP contribution in [0.3, 0.4) is 0 Å². The fourth-order valence-corrected chi connectivity index (χ4v) is 3.94. The first kappa shape index (κ1) is 25.0. The summed E-state index contributed by atoms with van der Waals surface area (Å²) in [5.74, 6) is -1.21. The number of hydrogen-bond acceptors (Lipinski definition) is 7. The average Bonchev–Trinajstić information content (AvgIpc) is 3.49. The number of benzene rings is 1. The van der Waals surface area contributed by atoms with Gasteiger partial charge in [-0.25, -0.2) is 23.1 Å². The lowest BCUT2D eigenvalue weighted by molar-refractivity contribution is 0.0941. The van der Waals surface area contributed by atoms with E-state index in [1.807, 2.05) is 6.92 Å². The van der Waals surface area contributed by atoms with Crippen LogP contribution in [0, 0.1) is 11.6 Å². The van der Waals surface area contributed by atoms with E-state index < -0.39 is 23.0 Å². The monoisotopic (exact) mass is 517 g/mol. The van der Waals surface area contributed by atoms with Gasteiger partial charge in [-0.2, -0.15) is 5.10 Å². The molecule has 4 aromatic rings. The molecule has 188 valence electrons. The van der Waals surface area contributed by atoms with Crippen molar-refractivity contribution in [2.24, 2.45) is 7.05 Å². The van der Waals surface area contributed by atoms with Crippen molar-refractivity contribution < 1.29 is 23.0 Å². The van der Waals surface area contributed by atoms with E-state index in [0.29, 0.717) is 22.9 Å². The Morgan fingerprint density at radius 2 is 1.97 bits per heavy atom. The van der Waals surface area contributed by atoms with Gasteiger partial charge < -0.3 is 14.8 Å². The fourth-order valence-electron chi connectivity index (χ4n) is 3.74. The van der Waals surface area contributed by atoms with Gasteiger partial charge >= 0.3 is 0 Å². The predicted molar refractivity (Wildman–Crippen MR) is 126 cm³/mol. The molecule has 1 aromatic carbocycles. The van der Waals surface area contributed by atoms with Crippen LogP contribution in [-0.2, 0) is 12.5 Å². The summed E-state index contributed by atoms with van der Waals surface area (Å²) in [4.78, 5) is 17.4. The molecule has 4 rings (SSSR count). The third kappa shape index (κ3) is 4.71. The molecule has 0 saturated carbocycles.